The molecule has 1 unspecified atom stereocenters. The first-order chi connectivity index (χ1) is 9.38. The lowest BCUT2D eigenvalue weighted by Gasteiger charge is -2.17. The van der Waals surface area contributed by atoms with Crippen LogP contribution in [0.1, 0.15) is 37.0 Å². The van der Waals surface area contributed by atoms with Gasteiger partial charge in [0.2, 0.25) is 0 Å². The van der Waals surface area contributed by atoms with E-state index in [1.807, 2.05) is 18.2 Å². The van der Waals surface area contributed by atoms with E-state index in [1.165, 1.54) is 0 Å². The van der Waals surface area contributed by atoms with Gasteiger partial charge in [0.15, 0.2) is 0 Å². The van der Waals surface area contributed by atoms with Crippen molar-refractivity contribution in [1.82, 2.24) is 5.32 Å². The number of hydrogen-bond acceptors (Lipinski definition) is 2. The fraction of sp³-hybridized carbons (Fsp3) is 0.467. The summed E-state index contributed by atoms with van der Waals surface area (Å²) in [4.78, 5) is 22.8. The monoisotopic (exact) mass is 389 g/mol. The molecular formula is C15H20INO3. The van der Waals surface area contributed by atoms with Gasteiger partial charge >= 0.3 is 5.97 Å². The van der Waals surface area contributed by atoms with Crippen LogP contribution in [0.15, 0.2) is 24.3 Å². The van der Waals surface area contributed by atoms with Crippen LogP contribution >= 0.6 is 22.6 Å². The van der Waals surface area contributed by atoms with Gasteiger partial charge in [0.25, 0.3) is 5.91 Å². The lowest BCUT2D eigenvalue weighted by Crippen LogP contribution is -2.31. The van der Waals surface area contributed by atoms with Gasteiger partial charge < -0.3 is 10.4 Å². The Morgan fingerprint density at radius 2 is 2.05 bits per heavy atom. The molecule has 0 aliphatic heterocycles. The van der Waals surface area contributed by atoms with Gasteiger partial charge in [0, 0.05) is 22.1 Å². The lowest BCUT2D eigenvalue weighted by molar-refractivity contribution is -0.138. The molecule has 1 aromatic rings. The van der Waals surface area contributed by atoms with Crippen LogP contribution in [-0.4, -0.2) is 23.5 Å². The Labute approximate surface area is 133 Å². The number of hydrogen-bond donors (Lipinski definition) is 2. The highest BCUT2D eigenvalue weighted by molar-refractivity contribution is 14.1. The Morgan fingerprint density at radius 3 is 2.60 bits per heavy atom. The Balaban J connectivity index is 2.57. The van der Waals surface area contributed by atoms with Crippen molar-refractivity contribution in [1.29, 1.82) is 0 Å². The van der Waals surface area contributed by atoms with Gasteiger partial charge in [-0.25, -0.2) is 0 Å². The topological polar surface area (TPSA) is 66.4 Å². The summed E-state index contributed by atoms with van der Waals surface area (Å²) in [5.41, 5.74) is 0.607. The maximum absolute atomic E-state index is 12.0. The quantitative estimate of drug-likeness (QED) is 0.705. The number of carbonyl (C=O) groups excluding carboxylic acids is 1. The summed E-state index contributed by atoms with van der Waals surface area (Å²) >= 11 is 2.15. The number of carboxylic acids is 1. The second-order valence-corrected chi connectivity index (χ2v) is 6.56. The zero-order valence-electron chi connectivity index (χ0n) is 11.7. The molecule has 2 N–H and O–H groups in total. The van der Waals surface area contributed by atoms with E-state index in [1.54, 1.807) is 6.07 Å². The maximum atomic E-state index is 12.0. The molecule has 0 saturated carbocycles. The van der Waals surface area contributed by atoms with Crippen molar-refractivity contribution in [3.8, 4) is 0 Å². The molecule has 1 amide bonds. The number of halogens is 1. The standard InChI is InChI=1S/C15H20INO3/c1-10(2)6-11(7-14(18)19)9-17-15(20)12-4-3-5-13(16)8-12/h3-5,8,10-11H,6-7,9H2,1-2H3,(H,17,20)(H,18,19). The molecule has 1 rings (SSSR count). The van der Waals surface area contributed by atoms with E-state index >= 15 is 0 Å². The molecule has 1 aromatic carbocycles. The summed E-state index contributed by atoms with van der Waals surface area (Å²) in [5.74, 6) is -0.588. The summed E-state index contributed by atoms with van der Waals surface area (Å²) in [6, 6.07) is 7.32. The average Bonchev–Trinajstić information content (AvgIpc) is 2.34. The molecular weight excluding hydrogens is 369 g/mol. The van der Waals surface area contributed by atoms with Crippen molar-refractivity contribution in [2.75, 3.05) is 6.54 Å². The normalized spacial score (nSPS) is 12.2. The highest BCUT2D eigenvalue weighted by Gasteiger charge is 2.16. The molecule has 110 valence electrons. The first-order valence-corrected chi connectivity index (χ1v) is 7.72. The molecule has 1 atom stereocenters. The van der Waals surface area contributed by atoms with Crippen LogP contribution in [-0.2, 0) is 4.79 Å². The van der Waals surface area contributed by atoms with Gasteiger partial charge in [-0.05, 0) is 59.0 Å². The Hall–Kier alpha value is -1.11. The average molecular weight is 389 g/mol. The van der Waals surface area contributed by atoms with Crippen LogP contribution in [0.4, 0.5) is 0 Å². The third kappa shape index (κ3) is 6.36. The Morgan fingerprint density at radius 1 is 1.35 bits per heavy atom. The molecule has 5 heteroatoms. The van der Waals surface area contributed by atoms with E-state index < -0.39 is 5.97 Å². The number of aliphatic carboxylic acids is 1. The van der Waals surface area contributed by atoms with Gasteiger partial charge in [-0.2, -0.15) is 0 Å². The SMILES string of the molecule is CC(C)CC(CNC(=O)c1cccc(I)c1)CC(=O)O. The molecule has 0 aliphatic carbocycles. The molecule has 0 fully saturated rings. The van der Waals surface area contributed by atoms with Crippen molar-refractivity contribution in [2.45, 2.75) is 26.7 Å². The minimum absolute atomic E-state index is 0.0285. The molecule has 20 heavy (non-hydrogen) atoms. The number of nitrogens with one attached hydrogen (secondary N) is 1. The summed E-state index contributed by atoms with van der Waals surface area (Å²) in [6.07, 6.45) is 0.879. The largest absolute Gasteiger partial charge is 0.481 e. The minimum Gasteiger partial charge on any atom is -0.481 e. The fourth-order valence-corrected chi connectivity index (χ4v) is 2.66. The minimum atomic E-state index is -0.820. The third-order valence-electron chi connectivity index (χ3n) is 2.91. The predicted octanol–water partition coefficient (Wildman–Crippen LogP) is 3.16. The third-order valence-corrected chi connectivity index (χ3v) is 3.58. The van der Waals surface area contributed by atoms with E-state index in [0.717, 1.165) is 9.99 Å². The number of benzene rings is 1. The van der Waals surface area contributed by atoms with Crippen LogP contribution in [0.2, 0.25) is 0 Å². The molecule has 0 spiro atoms. The first kappa shape index (κ1) is 16.9. The number of carboxylic acid groups (broad SMARTS) is 1. The van der Waals surface area contributed by atoms with Crippen LogP contribution in [0.25, 0.3) is 0 Å². The zero-order valence-corrected chi connectivity index (χ0v) is 13.9. The predicted molar refractivity (Wildman–Crippen MR) is 86.7 cm³/mol. The summed E-state index contributed by atoms with van der Waals surface area (Å²) in [6.45, 7) is 4.50. The Kier molecular flexibility index (Phi) is 6.98. The molecule has 0 saturated heterocycles. The van der Waals surface area contributed by atoms with Crippen molar-refractivity contribution in [3.63, 3.8) is 0 Å². The van der Waals surface area contributed by atoms with Crippen LogP contribution in [0.3, 0.4) is 0 Å². The van der Waals surface area contributed by atoms with Crippen molar-refractivity contribution in [3.05, 3.63) is 33.4 Å². The van der Waals surface area contributed by atoms with Crippen LogP contribution < -0.4 is 5.32 Å². The van der Waals surface area contributed by atoms with E-state index in [-0.39, 0.29) is 18.2 Å². The van der Waals surface area contributed by atoms with Crippen LogP contribution in [0.5, 0.6) is 0 Å². The van der Waals surface area contributed by atoms with E-state index in [4.69, 9.17) is 5.11 Å². The number of amides is 1. The first-order valence-electron chi connectivity index (χ1n) is 6.64. The Bertz CT molecular complexity index is 474. The van der Waals surface area contributed by atoms with Crippen molar-refractivity contribution in [2.24, 2.45) is 11.8 Å². The molecule has 0 heterocycles. The summed E-state index contributed by atoms with van der Waals surface area (Å²) in [7, 11) is 0. The van der Waals surface area contributed by atoms with Gasteiger partial charge in [-0.1, -0.05) is 19.9 Å². The maximum Gasteiger partial charge on any atom is 0.303 e. The molecule has 0 aliphatic rings. The smallest absolute Gasteiger partial charge is 0.303 e. The van der Waals surface area contributed by atoms with Crippen molar-refractivity contribution >= 4 is 34.5 Å². The second-order valence-electron chi connectivity index (χ2n) is 5.31. The highest BCUT2D eigenvalue weighted by atomic mass is 127. The molecule has 0 aromatic heterocycles. The lowest BCUT2D eigenvalue weighted by atomic mass is 9.94. The fourth-order valence-electron chi connectivity index (χ4n) is 2.12. The van der Waals surface area contributed by atoms with Gasteiger partial charge in [0.05, 0.1) is 0 Å². The van der Waals surface area contributed by atoms with Crippen molar-refractivity contribution < 1.29 is 14.7 Å². The van der Waals surface area contributed by atoms with E-state index in [2.05, 4.69) is 41.8 Å². The van der Waals surface area contributed by atoms with Gasteiger partial charge in [-0.3, -0.25) is 9.59 Å². The summed E-state index contributed by atoms with van der Waals surface area (Å²) < 4.78 is 1.000. The summed E-state index contributed by atoms with van der Waals surface area (Å²) in [5, 5.41) is 11.7. The number of carbonyl (C=O) groups is 2. The van der Waals surface area contributed by atoms with Crippen LogP contribution in [0, 0.1) is 15.4 Å². The van der Waals surface area contributed by atoms with E-state index in [9.17, 15) is 9.59 Å². The number of rotatable bonds is 7. The molecule has 4 nitrogen and oxygen atoms in total. The second kappa shape index (κ2) is 8.24. The van der Waals surface area contributed by atoms with Gasteiger partial charge in [-0.15, -0.1) is 0 Å². The van der Waals surface area contributed by atoms with E-state index in [0.29, 0.717) is 18.0 Å². The molecule has 0 bridgehead atoms. The highest BCUT2D eigenvalue weighted by Crippen LogP contribution is 2.15. The zero-order chi connectivity index (χ0) is 15.1. The molecule has 0 radical (unpaired) electrons. The van der Waals surface area contributed by atoms with Gasteiger partial charge in [0.1, 0.15) is 0 Å².